The van der Waals surface area contributed by atoms with E-state index in [1.165, 1.54) is 0 Å². The summed E-state index contributed by atoms with van der Waals surface area (Å²) in [6.07, 6.45) is 0.232. The minimum Gasteiger partial charge on any atom is -0.489 e. The average molecular weight is 352 g/mol. The largest absolute Gasteiger partial charge is 0.489 e. The van der Waals surface area contributed by atoms with E-state index in [2.05, 4.69) is 5.32 Å². The third-order valence-corrected chi connectivity index (χ3v) is 4.32. The Morgan fingerprint density at radius 3 is 2.58 bits per heavy atom. The second-order valence-electron chi connectivity index (χ2n) is 6.74. The summed E-state index contributed by atoms with van der Waals surface area (Å²) in [6.45, 7) is 4.74. The van der Waals surface area contributed by atoms with Crippen molar-refractivity contribution < 1.29 is 14.3 Å². The van der Waals surface area contributed by atoms with Gasteiger partial charge < -0.3 is 15.0 Å². The van der Waals surface area contributed by atoms with Gasteiger partial charge in [-0.15, -0.1) is 0 Å². The molecule has 2 aromatic carbocycles. The number of nitrogens with one attached hydrogen (secondary N) is 1. The summed E-state index contributed by atoms with van der Waals surface area (Å²) >= 11 is 0. The lowest BCUT2D eigenvalue weighted by Crippen LogP contribution is -2.32. The Kier molecular flexibility index (Phi) is 5.56. The zero-order valence-corrected chi connectivity index (χ0v) is 15.1. The number of hydrogen-bond acceptors (Lipinski definition) is 3. The number of ether oxygens (including phenoxy) is 1. The molecule has 1 aliphatic heterocycles. The summed E-state index contributed by atoms with van der Waals surface area (Å²) in [5.41, 5.74) is 1.77. The molecule has 136 valence electrons. The van der Waals surface area contributed by atoms with Crippen molar-refractivity contribution in [3.63, 3.8) is 0 Å². The summed E-state index contributed by atoms with van der Waals surface area (Å²) < 4.78 is 5.81. The molecule has 0 aliphatic carbocycles. The Bertz CT molecular complexity index is 774. The van der Waals surface area contributed by atoms with Crippen LogP contribution in [0.15, 0.2) is 54.6 Å². The highest BCUT2D eigenvalue weighted by atomic mass is 16.5. The van der Waals surface area contributed by atoms with Crippen molar-refractivity contribution in [3.8, 4) is 5.75 Å². The van der Waals surface area contributed by atoms with E-state index in [4.69, 9.17) is 4.74 Å². The highest BCUT2D eigenvalue weighted by Crippen LogP contribution is 2.33. The van der Waals surface area contributed by atoms with E-state index in [1.807, 2.05) is 68.4 Å². The molecule has 1 N–H and O–H groups in total. The van der Waals surface area contributed by atoms with E-state index >= 15 is 0 Å². The first-order valence-corrected chi connectivity index (χ1v) is 8.92. The number of para-hydroxylation sites is 2. The highest BCUT2D eigenvalue weighted by molar-refractivity contribution is 6.01. The molecule has 0 bridgehead atoms. The van der Waals surface area contributed by atoms with Crippen molar-refractivity contribution in [1.29, 1.82) is 0 Å². The molecule has 1 aliphatic rings. The standard InChI is InChI=1S/C21H24N2O3/c1-15(2)26-19-11-7-6-10-18(19)23-14-17(12-20(23)24)21(25)22-13-16-8-4-3-5-9-16/h3-11,15,17H,12-14H2,1-2H3,(H,22,25). The fourth-order valence-corrected chi connectivity index (χ4v) is 3.08. The molecule has 5 heteroatoms. The summed E-state index contributed by atoms with van der Waals surface area (Å²) in [4.78, 5) is 26.6. The molecule has 26 heavy (non-hydrogen) atoms. The van der Waals surface area contributed by atoms with Crippen LogP contribution in [-0.2, 0) is 16.1 Å². The van der Waals surface area contributed by atoms with Crippen molar-refractivity contribution in [3.05, 3.63) is 60.2 Å². The number of amides is 2. The minimum atomic E-state index is -0.349. The van der Waals surface area contributed by atoms with Crippen LogP contribution in [0.3, 0.4) is 0 Å². The molecular weight excluding hydrogens is 328 g/mol. The topological polar surface area (TPSA) is 58.6 Å². The summed E-state index contributed by atoms with van der Waals surface area (Å²) in [5.74, 6) is 0.177. The molecular formula is C21H24N2O3. The second-order valence-corrected chi connectivity index (χ2v) is 6.74. The third-order valence-electron chi connectivity index (χ3n) is 4.32. The van der Waals surface area contributed by atoms with Gasteiger partial charge in [-0.25, -0.2) is 0 Å². The van der Waals surface area contributed by atoms with Crippen LogP contribution in [0.4, 0.5) is 5.69 Å². The SMILES string of the molecule is CC(C)Oc1ccccc1N1CC(C(=O)NCc2ccccc2)CC1=O. The number of benzene rings is 2. The predicted molar refractivity (Wildman–Crippen MR) is 101 cm³/mol. The molecule has 5 nitrogen and oxygen atoms in total. The van der Waals surface area contributed by atoms with Gasteiger partial charge in [0.15, 0.2) is 0 Å². The molecule has 1 atom stereocenters. The van der Waals surface area contributed by atoms with Gasteiger partial charge in [-0.2, -0.15) is 0 Å². The van der Waals surface area contributed by atoms with Gasteiger partial charge in [0.25, 0.3) is 0 Å². The van der Waals surface area contributed by atoms with E-state index in [-0.39, 0.29) is 30.3 Å². The van der Waals surface area contributed by atoms with Gasteiger partial charge in [0.2, 0.25) is 11.8 Å². The van der Waals surface area contributed by atoms with Crippen LogP contribution in [0.2, 0.25) is 0 Å². The Balaban J connectivity index is 1.66. The number of rotatable bonds is 6. The van der Waals surface area contributed by atoms with Crippen molar-refractivity contribution in [2.45, 2.75) is 32.9 Å². The lowest BCUT2D eigenvalue weighted by Gasteiger charge is -2.21. The van der Waals surface area contributed by atoms with Gasteiger partial charge in [-0.1, -0.05) is 42.5 Å². The fourth-order valence-electron chi connectivity index (χ4n) is 3.08. The van der Waals surface area contributed by atoms with Crippen LogP contribution in [0.25, 0.3) is 0 Å². The molecule has 0 saturated carbocycles. The van der Waals surface area contributed by atoms with Gasteiger partial charge in [0.1, 0.15) is 5.75 Å². The Labute approximate surface area is 154 Å². The van der Waals surface area contributed by atoms with Crippen LogP contribution < -0.4 is 15.0 Å². The molecule has 2 aromatic rings. The Morgan fingerprint density at radius 2 is 1.85 bits per heavy atom. The highest BCUT2D eigenvalue weighted by Gasteiger charge is 2.36. The first kappa shape index (κ1) is 18.0. The number of nitrogens with zero attached hydrogens (tertiary/aromatic N) is 1. The maximum absolute atomic E-state index is 12.5. The van der Waals surface area contributed by atoms with Crippen molar-refractivity contribution >= 4 is 17.5 Å². The minimum absolute atomic E-state index is 0.0128. The van der Waals surface area contributed by atoms with Crippen LogP contribution in [-0.4, -0.2) is 24.5 Å². The molecule has 1 saturated heterocycles. The monoisotopic (exact) mass is 352 g/mol. The van der Waals surface area contributed by atoms with Crippen LogP contribution in [0.5, 0.6) is 5.75 Å². The number of anilines is 1. The van der Waals surface area contributed by atoms with Gasteiger partial charge >= 0.3 is 0 Å². The number of carbonyl (C=O) groups excluding carboxylic acids is 2. The molecule has 1 unspecified atom stereocenters. The Morgan fingerprint density at radius 1 is 1.15 bits per heavy atom. The molecule has 1 fully saturated rings. The van der Waals surface area contributed by atoms with Gasteiger partial charge in [0.05, 0.1) is 17.7 Å². The first-order valence-electron chi connectivity index (χ1n) is 8.92. The van der Waals surface area contributed by atoms with Crippen LogP contribution in [0, 0.1) is 5.92 Å². The zero-order chi connectivity index (χ0) is 18.5. The second kappa shape index (κ2) is 8.04. The number of hydrogen-bond donors (Lipinski definition) is 1. The first-order chi connectivity index (χ1) is 12.5. The summed E-state index contributed by atoms with van der Waals surface area (Å²) in [7, 11) is 0. The van der Waals surface area contributed by atoms with E-state index in [9.17, 15) is 9.59 Å². The summed E-state index contributed by atoms with van der Waals surface area (Å²) in [5, 5.41) is 2.93. The van der Waals surface area contributed by atoms with Gasteiger partial charge in [0, 0.05) is 19.5 Å². The molecule has 0 aromatic heterocycles. The molecule has 0 radical (unpaired) electrons. The van der Waals surface area contributed by atoms with E-state index in [0.29, 0.717) is 18.8 Å². The lowest BCUT2D eigenvalue weighted by molar-refractivity contribution is -0.126. The summed E-state index contributed by atoms with van der Waals surface area (Å²) in [6, 6.07) is 17.2. The quantitative estimate of drug-likeness (QED) is 0.869. The average Bonchev–Trinajstić information content (AvgIpc) is 3.02. The van der Waals surface area contributed by atoms with E-state index in [1.54, 1.807) is 4.90 Å². The van der Waals surface area contributed by atoms with Crippen molar-refractivity contribution in [2.75, 3.05) is 11.4 Å². The maximum atomic E-state index is 12.5. The maximum Gasteiger partial charge on any atom is 0.227 e. The van der Waals surface area contributed by atoms with Crippen molar-refractivity contribution in [2.24, 2.45) is 5.92 Å². The van der Waals surface area contributed by atoms with E-state index < -0.39 is 0 Å². The van der Waals surface area contributed by atoms with Gasteiger partial charge in [-0.3, -0.25) is 9.59 Å². The zero-order valence-electron chi connectivity index (χ0n) is 15.1. The Hall–Kier alpha value is -2.82. The van der Waals surface area contributed by atoms with E-state index in [0.717, 1.165) is 11.3 Å². The molecule has 2 amide bonds. The molecule has 0 spiro atoms. The predicted octanol–water partition coefficient (Wildman–Crippen LogP) is 3.14. The number of carbonyl (C=O) groups is 2. The molecule has 1 heterocycles. The van der Waals surface area contributed by atoms with Crippen LogP contribution in [0.1, 0.15) is 25.8 Å². The fraction of sp³-hybridized carbons (Fsp3) is 0.333. The van der Waals surface area contributed by atoms with Crippen LogP contribution >= 0.6 is 0 Å². The normalized spacial score (nSPS) is 16.8. The molecule has 3 rings (SSSR count). The smallest absolute Gasteiger partial charge is 0.227 e. The van der Waals surface area contributed by atoms with Crippen molar-refractivity contribution in [1.82, 2.24) is 5.32 Å². The third kappa shape index (κ3) is 4.23. The van der Waals surface area contributed by atoms with Gasteiger partial charge in [-0.05, 0) is 31.5 Å². The lowest BCUT2D eigenvalue weighted by atomic mass is 10.1.